The topological polar surface area (TPSA) is 75.1 Å². The van der Waals surface area contributed by atoms with Gasteiger partial charge >= 0.3 is 5.76 Å². The van der Waals surface area contributed by atoms with E-state index in [0.717, 1.165) is 11.1 Å². The summed E-state index contributed by atoms with van der Waals surface area (Å²) in [6.07, 6.45) is 0. The van der Waals surface area contributed by atoms with E-state index in [9.17, 15) is 9.59 Å². The zero-order chi connectivity index (χ0) is 18.9. The average molecular weight is 348 g/mol. The van der Waals surface area contributed by atoms with Gasteiger partial charge in [0.2, 0.25) is 0 Å². The van der Waals surface area contributed by atoms with Crippen molar-refractivity contribution in [1.82, 2.24) is 4.98 Å². The van der Waals surface area contributed by atoms with E-state index in [1.54, 1.807) is 24.3 Å². The molecule has 0 fully saturated rings. The van der Waals surface area contributed by atoms with Gasteiger partial charge in [0, 0.05) is 28.3 Å². The zero-order valence-corrected chi connectivity index (χ0v) is 15.2. The molecular weight excluding hydrogens is 328 g/mol. The monoisotopic (exact) mass is 348 g/mol. The largest absolute Gasteiger partial charge is 0.417 e. The van der Waals surface area contributed by atoms with E-state index in [1.807, 2.05) is 19.1 Å². The van der Waals surface area contributed by atoms with Crippen molar-refractivity contribution in [1.29, 1.82) is 0 Å². The van der Waals surface area contributed by atoms with E-state index < -0.39 is 5.76 Å². The van der Waals surface area contributed by atoms with Gasteiger partial charge in [0.05, 0.1) is 5.52 Å². The highest BCUT2D eigenvalue weighted by Crippen LogP contribution is 2.19. The molecule has 5 nitrogen and oxygen atoms in total. The molecule has 0 unspecified atom stereocenters. The molecule has 132 valence electrons. The van der Waals surface area contributed by atoms with Crippen molar-refractivity contribution in [3.63, 3.8) is 0 Å². The molecule has 2 N–H and O–H groups in total. The number of nitrogens with one attached hydrogen (secondary N) is 2. The van der Waals surface area contributed by atoms with Gasteiger partial charge < -0.3 is 9.73 Å². The van der Waals surface area contributed by atoms with Gasteiger partial charge in [-0.2, -0.15) is 0 Å². The first-order chi connectivity index (χ1) is 12.2. The van der Waals surface area contributed by atoms with Crippen molar-refractivity contribution in [2.45, 2.75) is 27.7 Å². The van der Waals surface area contributed by atoms with Crippen LogP contribution in [-0.4, -0.2) is 10.9 Å². The van der Waals surface area contributed by atoms with E-state index in [1.165, 1.54) is 0 Å². The zero-order valence-electron chi connectivity index (χ0n) is 15.2. The average Bonchev–Trinajstić information content (AvgIpc) is 2.91. The summed E-state index contributed by atoms with van der Waals surface area (Å²) < 4.78 is 5.01. The summed E-state index contributed by atoms with van der Waals surface area (Å²) in [4.78, 5) is 26.3. The number of oxazole rings is 1. The molecule has 3 rings (SSSR count). The van der Waals surface area contributed by atoms with Crippen molar-refractivity contribution >= 4 is 22.7 Å². The summed E-state index contributed by atoms with van der Waals surface area (Å²) >= 11 is 0. The summed E-state index contributed by atoms with van der Waals surface area (Å²) in [6, 6.07) is 10.5. The fraction of sp³-hybridized carbons (Fsp3) is 0.238. The summed E-state index contributed by atoms with van der Waals surface area (Å²) in [5, 5.41) is 2.83. The number of amides is 1. The second-order valence-corrected chi connectivity index (χ2v) is 7.21. The maximum atomic E-state index is 12.6. The quantitative estimate of drug-likeness (QED) is 0.685. The molecule has 0 saturated heterocycles. The van der Waals surface area contributed by atoms with E-state index in [2.05, 4.69) is 42.9 Å². The standard InChI is InChI=1S/C21H20N2O3/c1-13-11-14(9-10-21(2,3)4)5-7-16(13)19(24)22-15-6-8-17-18(12-15)26-20(25)23-17/h5-8,11-12H,1-4H3,(H,22,24)(H,23,25). The molecule has 0 bridgehead atoms. The number of carbonyl (C=O) groups excluding carboxylic acids is 1. The minimum Gasteiger partial charge on any atom is -0.408 e. The van der Waals surface area contributed by atoms with Gasteiger partial charge in [0.1, 0.15) is 0 Å². The minimum atomic E-state index is -0.522. The number of carbonyl (C=O) groups is 1. The third kappa shape index (κ3) is 4.04. The second kappa shape index (κ2) is 6.57. The van der Waals surface area contributed by atoms with Crippen LogP contribution in [0, 0.1) is 24.2 Å². The van der Waals surface area contributed by atoms with Gasteiger partial charge in [-0.1, -0.05) is 11.8 Å². The smallest absolute Gasteiger partial charge is 0.408 e. The molecule has 0 atom stereocenters. The number of hydrogen-bond donors (Lipinski definition) is 2. The molecule has 0 aliphatic heterocycles. The molecule has 1 aromatic heterocycles. The maximum Gasteiger partial charge on any atom is 0.417 e. The van der Waals surface area contributed by atoms with Crippen molar-refractivity contribution in [3.8, 4) is 11.8 Å². The van der Waals surface area contributed by atoms with Crippen LogP contribution in [0.2, 0.25) is 0 Å². The molecular formula is C21H20N2O3. The Morgan fingerprint density at radius 3 is 2.62 bits per heavy atom. The number of aromatic amines is 1. The number of aryl methyl sites for hydroxylation is 1. The van der Waals surface area contributed by atoms with Gasteiger partial charge in [-0.15, -0.1) is 0 Å². The molecule has 5 heteroatoms. The molecule has 0 spiro atoms. The third-order valence-electron chi connectivity index (χ3n) is 3.73. The first-order valence-corrected chi connectivity index (χ1v) is 8.29. The van der Waals surface area contributed by atoms with Crippen LogP contribution >= 0.6 is 0 Å². The Morgan fingerprint density at radius 2 is 1.92 bits per heavy atom. The summed E-state index contributed by atoms with van der Waals surface area (Å²) in [5.41, 5.74) is 3.77. The van der Waals surface area contributed by atoms with Crippen molar-refractivity contribution < 1.29 is 9.21 Å². The predicted molar refractivity (Wildman–Crippen MR) is 102 cm³/mol. The number of H-pyrrole nitrogens is 1. The Bertz CT molecular complexity index is 1100. The van der Waals surface area contributed by atoms with E-state index in [-0.39, 0.29) is 11.3 Å². The van der Waals surface area contributed by atoms with Gasteiger partial charge in [-0.05, 0) is 63.6 Å². The van der Waals surface area contributed by atoms with Crippen LogP contribution in [0.5, 0.6) is 0 Å². The van der Waals surface area contributed by atoms with Crippen LogP contribution in [0.1, 0.15) is 42.3 Å². The van der Waals surface area contributed by atoms with E-state index in [4.69, 9.17) is 4.42 Å². The van der Waals surface area contributed by atoms with Gasteiger partial charge in [0.25, 0.3) is 5.91 Å². The lowest BCUT2D eigenvalue weighted by Crippen LogP contribution is -2.13. The molecule has 1 amide bonds. The molecule has 3 aromatic rings. The first kappa shape index (κ1) is 17.6. The van der Waals surface area contributed by atoms with Crippen LogP contribution in [0.3, 0.4) is 0 Å². The minimum absolute atomic E-state index is 0.0736. The van der Waals surface area contributed by atoms with Gasteiger partial charge in [-0.25, -0.2) is 4.79 Å². The van der Waals surface area contributed by atoms with Crippen molar-refractivity contribution in [3.05, 3.63) is 63.6 Å². The summed E-state index contributed by atoms with van der Waals surface area (Å²) in [6.45, 7) is 8.04. The highest BCUT2D eigenvalue weighted by atomic mass is 16.4. The number of rotatable bonds is 2. The third-order valence-corrected chi connectivity index (χ3v) is 3.73. The Labute approximate surface area is 151 Å². The Kier molecular flexibility index (Phi) is 4.43. The SMILES string of the molecule is Cc1cc(C#CC(C)(C)C)ccc1C(=O)Nc1ccc2[nH]c(=O)oc2c1. The van der Waals surface area contributed by atoms with Gasteiger partial charge in [-0.3, -0.25) is 9.78 Å². The molecule has 0 saturated carbocycles. The number of hydrogen-bond acceptors (Lipinski definition) is 3. The molecule has 2 aromatic carbocycles. The van der Waals surface area contributed by atoms with Crippen molar-refractivity contribution in [2.75, 3.05) is 5.32 Å². The summed E-state index contributed by atoms with van der Waals surface area (Å²) in [5.74, 6) is 5.57. The normalized spacial score (nSPS) is 11.1. The molecule has 0 aliphatic carbocycles. The molecule has 0 radical (unpaired) electrons. The second-order valence-electron chi connectivity index (χ2n) is 7.21. The fourth-order valence-electron chi connectivity index (χ4n) is 2.48. The number of anilines is 1. The number of fused-ring (bicyclic) bond motifs is 1. The van der Waals surface area contributed by atoms with Gasteiger partial charge in [0.15, 0.2) is 5.58 Å². The fourth-order valence-corrected chi connectivity index (χ4v) is 2.48. The lowest BCUT2D eigenvalue weighted by Gasteiger charge is -2.09. The maximum absolute atomic E-state index is 12.6. The lowest BCUT2D eigenvalue weighted by atomic mass is 9.97. The Morgan fingerprint density at radius 1 is 1.15 bits per heavy atom. The molecule has 0 aliphatic rings. The summed E-state index contributed by atoms with van der Waals surface area (Å²) in [7, 11) is 0. The van der Waals surface area contributed by atoms with Crippen molar-refractivity contribution in [2.24, 2.45) is 5.41 Å². The van der Waals surface area contributed by atoms with Crippen LogP contribution in [-0.2, 0) is 0 Å². The molecule has 26 heavy (non-hydrogen) atoms. The van der Waals surface area contributed by atoms with Crippen LogP contribution in [0.15, 0.2) is 45.6 Å². The Balaban J connectivity index is 1.82. The predicted octanol–water partition coefficient (Wildman–Crippen LogP) is 4.08. The molecule has 1 heterocycles. The first-order valence-electron chi connectivity index (χ1n) is 8.29. The highest BCUT2D eigenvalue weighted by molar-refractivity contribution is 6.05. The van der Waals surface area contributed by atoms with Crippen LogP contribution in [0.4, 0.5) is 5.69 Å². The number of aromatic nitrogens is 1. The lowest BCUT2D eigenvalue weighted by molar-refractivity contribution is 0.102. The van der Waals surface area contributed by atoms with Crippen LogP contribution < -0.4 is 11.1 Å². The Hall–Kier alpha value is -3.26. The van der Waals surface area contributed by atoms with E-state index in [0.29, 0.717) is 22.4 Å². The van der Waals surface area contributed by atoms with Crippen LogP contribution in [0.25, 0.3) is 11.1 Å². The highest BCUT2D eigenvalue weighted by Gasteiger charge is 2.11. The van der Waals surface area contributed by atoms with E-state index >= 15 is 0 Å². The number of benzene rings is 2.